The van der Waals surface area contributed by atoms with E-state index in [9.17, 15) is 4.79 Å². The summed E-state index contributed by atoms with van der Waals surface area (Å²) in [7, 11) is 0. The molecule has 0 aliphatic carbocycles. The quantitative estimate of drug-likeness (QED) is 0.287. The van der Waals surface area contributed by atoms with Gasteiger partial charge in [0, 0.05) is 6.42 Å². The van der Waals surface area contributed by atoms with Crippen molar-refractivity contribution in [3.63, 3.8) is 0 Å². The Balaban J connectivity index is 3.40. The Labute approximate surface area is 126 Å². The van der Waals surface area contributed by atoms with Crippen LogP contribution >= 0.6 is 0 Å². The molecule has 1 atom stereocenters. The first-order chi connectivity index (χ1) is 9.74. The number of esters is 1. The van der Waals surface area contributed by atoms with E-state index < -0.39 is 0 Å². The van der Waals surface area contributed by atoms with Gasteiger partial charge >= 0.3 is 5.97 Å². The van der Waals surface area contributed by atoms with Gasteiger partial charge in [-0.25, -0.2) is 0 Å². The van der Waals surface area contributed by atoms with Gasteiger partial charge in [-0.2, -0.15) is 0 Å². The fourth-order valence-corrected chi connectivity index (χ4v) is 2.48. The summed E-state index contributed by atoms with van der Waals surface area (Å²) in [4.78, 5) is 11.5. The van der Waals surface area contributed by atoms with Crippen LogP contribution in [0.25, 0.3) is 0 Å². The minimum atomic E-state index is -0.0183. The molecule has 2 nitrogen and oxygen atoms in total. The molecule has 0 aromatic carbocycles. The molecular formula is C18H36O2. The fourth-order valence-electron chi connectivity index (χ4n) is 2.48. The van der Waals surface area contributed by atoms with Crippen LogP contribution in [0.15, 0.2) is 0 Å². The van der Waals surface area contributed by atoms with E-state index in [1.807, 2.05) is 6.92 Å². The van der Waals surface area contributed by atoms with Crippen LogP contribution in [-0.4, -0.2) is 12.1 Å². The van der Waals surface area contributed by atoms with Gasteiger partial charge < -0.3 is 4.74 Å². The number of unbranched alkanes of at least 4 members (excludes halogenated alkanes) is 8. The van der Waals surface area contributed by atoms with Crippen molar-refractivity contribution in [1.29, 1.82) is 0 Å². The van der Waals surface area contributed by atoms with Gasteiger partial charge in [0.1, 0.15) is 6.10 Å². The highest BCUT2D eigenvalue weighted by molar-refractivity contribution is 5.69. The van der Waals surface area contributed by atoms with E-state index in [0.717, 1.165) is 19.3 Å². The molecule has 0 N–H and O–H groups in total. The lowest BCUT2D eigenvalue weighted by atomic mass is 10.0. The molecule has 120 valence electrons. The van der Waals surface area contributed by atoms with Gasteiger partial charge in [-0.3, -0.25) is 4.79 Å². The van der Waals surface area contributed by atoms with Gasteiger partial charge in [-0.1, -0.05) is 72.1 Å². The van der Waals surface area contributed by atoms with Gasteiger partial charge in [-0.05, 0) is 25.7 Å². The Kier molecular flexibility index (Phi) is 14.5. The summed E-state index contributed by atoms with van der Waals surface area (Å²) in [6.45, 7) is 6.39. The van der Waals surface area contributed by atoms with E-state index >= 15 is 0 Å². The molecule has 0 amide bonds. The molecule has 2 heteroatoms. The predicted octanol–water partition coefficient (Wildman–Crippen LogP) is 6.03. The Morgan fingerprint density at radius 2 is 1.35 bits per heavy atom. The molecule has 0 aromatic rings. The Morgan fingerprint density at radius 3 is 1.85 bits per heavy atom. The molecule has 1 unspecified atom stereocenters. The molecule has 0 saturated carbocycles. The molecule has 0 fully saturated rings. The molecule has 0 spiro atoms. The van der Waals surface area contributed by atoms with Crippen molar-refractivity contribution in [1.82, 2.24) is 0 Å². The minimum absolute atomic E-state index is 0.0183. The monoisotopic (exact) mass is 284 g/mol. The Bertz CT molecular complexity index is 213. The summed E-state index contributed by atoms with van der Waals surface area (Å²) in [5.74, 6) is -0.0183. The van der Waals surface area contributed by atoms with E-state index in [4.69, 9.17) is 4.74 Å². The smallest absolute Gasteiger partial charge is 0.306 e. The van der Waals surface area contributed by atoms with Crippen LogP contribution in [0.5, 0.6) is 0 Å². The summed E-state index contributed by atoms with van der Waals surface area (Å²) in [5, 5.41) is 0. The summed E-state index contributed by atoms with van der Waals surface area (Å²) >= 11 is 0. The van der Waals surface area contributed by atoms with Crippen LogP contribution < -0.4 is 0 Å². The predicted molar refractivity (Wildman–Crippen MR) is 86.9 cm³/mol. The highest BCUT2D eigenvalue weighted by Crippen LogP contribution is 2.14. The largest absolute Gasteiger partial charge is 0.462 e. The highest BCUT2D eigenvalue weighted by atomic mass is 16.5. The lowest BCUT2D eigenvalue weighted by molar-refractivity contribution is -0.149. The van der Waals surface area contributed by atoms with Crippen molar-refractivity contribution in [3.8, 4) is 0 Å². The van der Waals surface area contributed by atoms with Crippen LogP contribution in [0.4, 0.5) is 0 Å². The van der Waals surface area contributed by atoms with Crippen molar-refractivity contribution in [2.75, 3.05) is 0 Å². The van der Waals surface area contributed by atoms with Crippen molar-refractivity contribution in [3.05, 3.63) is 0 Å². The molecule has 0 saturated heterocycles. The summed E-state index contributed by atoms with van der Waals surface area (Å²) in [5.41, 5.74) is 0. The molecule has 0 aromatic heterocycles. The topological polar surface area (TPSA) is 26.3 Å². The van der Waals surface area contributed by atoms with E-state index in [-0.39, 0.29) is 12.1 Å². The third-order valence-corrected chi connectivity index (χ3v) is 3.84. The maximum Gasteiger partial charge on any atom is 0.306 e. The Hall–Kier alpha value is -0.530. The number of carbonyl (C=O) groups is 1. The van der Waals surface area contributed by atoms with Gasteiger partial charge in [0.15, 0.2) is 0 Å². The van der Waals surface area contributed by atoms with Crippen molar-refractivity contribution >= 4 is 5.97 Å². The molecule has 0 bridgehead atoms. The second-order valence-corrected chi connectivity index (χ2v) is 5.89. The van der Waals surface area contributed by atoms with E-state index in [1.165, 1.54) is 57.8 Å². The summed E-state index contributed by atoms with van der Waals surface area (Å²) in [6.07, 6.45) is 15.7. The fraction of sp³-hybridized carbons (Fsp3) is 0.944. The zero-order valence-corrected chi connectivity index (χ0v) is 14.1. The van der Waals surface area contributed by atoms with E-state index in [1.54, 1.807) is 0 Å². The first kappa shape index (κ1) is 19.5. The van der Waals surface area contributed by atoms with Gasteiger partial charge in [0.2, 0.25) is 0 Å². The lowest BCUT2D eigenvalue weighted by Crippen LogP contribution is -2.17. The standard InChI is InChI=1S/C18H36O2/c1-4-7-8-9-10-11-12-13-14-16-17(6-3)20-18(19)15-5-2/h17H,4-16H2,1-3H3. The summed E-state index contributed by atoms with van der Waals surface area (Å²) in [6, 6.07) is 0. The lowest BCUT2D eigenvalue weighted by Gasteiger charge is -2.15. The molecule has 0 radical (unpaired) electrons. The third kappa shape index (κ3) is 12.5. The van der Waals surface area contributed by atoms with E-state index in [0.29, 0.717) is 6.42 Å². The van der Waals surface area contributed by atoms with Crippen molar-refractivity contribution < 1.29 is 9.53 Å². The first-order valence-electron chi connectivity index (χ1n) is 8.94. The molecule has 0 aliphatic heterocycles. The maximum atomic E-state index is 11.5. The average molecular weight is 284 g/mol. The van der Waals surface area contributed by atoms with Crippen LogP contribution in [0.1, 0.15) is 104 Å². The molecule has 20 heavy (non-hydrogen) atoms. The number of rotatable bonds is 14. The number of carbonyl (C=O) groups excluding carboxylic acids is 1. The number of hydrogen-bond donors (Lipinski definition) is 0. The molecular weight excluding hydrogens is 248 g/mol. The van der Waals surface area contributed by atoms with Crippen LogP contribution in [0.2, 0.25) is 0 Å². The van der Waals surface area contributed by atoms with Crippen LogP contribution in [0.3, 0.4) is 0 Å². The number of ether oxygens (including phenoxy) is 1. The Morgan fingerprint density at radius 1 is 0.800 bits per heavy atom. The second-order valence-electron chi connectivity index (χ2n) is 5.89. The maximum absolute atomic E-state index is 11.5. The van der Waals surface area contributed by atoms with Crippen LogP contribution in [0, 0.1) is 0 Å². The van der Waals surface area contributed by atoms with Gasteiger partial charge in [-0.15, -0.1) is 0 Å². The SMILES string of the molecule is CCCCCCCCCCCC(CC)OC(=O)CCC. The highest BCUT2D eigenvalue weighted by Gasteiger charge is 2.11. The normalized spacial score (nSPS) is 12.3. The zero-order valence-electron chi connectivity index (χ0n) is 14.1. The first-order valence-corrected chi connectivity index (χ1v) is 8.94. The van der Waals surface area contributed by atoms with Crippen molar-refractivity contribution in [2.45, 2.75) is 110 Å². The van der Waals surface area contributed by atoms with Crippen LogP contribution in [-0.2, 0) is 9.53 Å². The number of hydrogen-bond acceptors (Lipinski definition) is 2. The second kappa shape index (κ2) is 14.9. The van der Waals surface area contributed by atoms with Crippen molar-refractivity contribution in [2.24, 2.45) is 0 Å². The van der Waals surface area contributed by atoms with Gasteiger partial charge in [0.25, 0.3) is 0 Å². The minimum Gasteiger partial charge on any atom is -0.462 e. The van der Waals surface area contributed by atoms with Gasteiger partial charge in [0.05, 0.1) is 0 Å². The van der Waals surface area contributed by atoms with E-state index in [2.05, 4.69) is 13.8 Å². The third-order valence-electron chi connectivity index (χ3n) is 3.84. The average Bonchev–Trinajstić information content (AvgIpc) is 2.44. The zero-order chi connectivity index (χ0) is 15.1. The summed E-state index contributed by atoms with van der Waals surface area (Å²) < 4.78 is 5.47. The molecule has 0 aliphatic rings. The molecule has 0 rings (SSSR count). The molecule has 0 heterocycles.